The van der Waals surface area contributed by atoms with Crippen LogP contribution in [0.2, 0.25) is 0 Å². The molecule has 0 bridgehead atoms. The first-order valence-corrected chi connectivity index (χ1v) is 5.00. The molecule has 3 unspecified atom stereocenters. The second-order valence-corrected chi connectivity index (χ2v) is 3.61. The molecule has 8 heteroatoms. The minimum atomic E-state index is -1.03. The highest BCUT2D eigenvalue weighted by atomic mass is 16.7. The molecule has 0 saturated heterocycles. The number of hydrogen-bond acceptors (Lipinski definition) is 6. The van der Waals surface area contributed by atoms with Crippen molar-refractivity contribution in [3.63, 3.8) is 0 Å². The van der Waals surface area contributed by atoms with Crippen molar-refractivity contribution in [1.29, 1.82) is 0 Å². The van der Waals surface area contributed by atoms with Gasteiger partial charge in [-0.05, 0) is 6.08 Å². The number of rotatable bonds is 5. The van der Waals surface area contributed by atoms with Gasteiger partial charge in [0.2, 0.25) is 0 Å². The Morgan fingerprint density at radius 2 is 2.41 bits per heavy atom. The lowest BCUT2D eigenvalue weighted by Crippen LogP contribution is -2.48. The number of methoxy groups -OCH3 is 1. The van der Waals surface area contributed by atoms with Crippen LogP contribution in [0.4, 0.5) is 0 Å². The topological polar surface area (TPSA) is 133 Å². The van der Waals surface area contributed by atoms with Crippen molar-refractivity contribution < 1.29 is 19.4 Å². The number of carboxylic acids is 1. The summed E-state index contributed by atoms with van der Waals surface area (Å²) in [5, 5.41) is 15.8. The summed E-state index contributed by atoms with van der Waals surface area (Å²) >= 11 is 0. The van der Waals surface area contributed by atoms with Gasteiger partial charge in [0, 0.05) is 19.1 Å². The van der Waals surface area contributed by atoms with E-state index in [-0.39, 0.29) is 18.8 Å². The van der Waals surface area contributed by atoms with Crippen LogP contribution in [0.5, 0.6) is 0 Å². The van der Waals surface area contributed by atoms with Gasteiger partial charge >= 0.3 is 5.97 Å². The minimum absolute atomic E-state index is 0.0221. The van der Waals surface area contributed by atoms with Crippen molar-refractivity contribution in [3.8, 4) is 0 Å². The molecule has 3 atom stereocenters. The van der Waals surface area contributed by atoms with Gasteiger partial charge in [-0.15, -0.1) is 0 Å². The maximum atomic E-state index is 10.9. The number of nitrogens with zero attached hydrogens (tertiary/aromatic N) is 2. The molecule has 0 spiro atoms. The van der Waals surface area contributed by atoms with E-state index in [4.69, 9.17) is 26.2 Å². The number of nitrogens with two attached hydrogens (primary N) is 2. The molecule has 8 nitrogen and oxygen atoms in total. The van der Waals surface area contributed by atoms with Crippen molar-refractivity contribution in [2.45, 2.75) is 24.6 Å². The second kappa shape index (κ2) is 6.28. The molecule has 0 aromatic rings. The molecule has 1 aliphatic carbocycles. The van der Waals surface area contributed by atoms with E-state index in [2.05, 4.69) is 10.3 Å². The Morgan fingerprint density at radius 3 is 2.94 bits per heavy atom. The predicted octanol–water partition coefficient (Wildman–Crippen LogP) is -0.588. The van der Waals surface area contributed by atoms with Crippen molar-refractivity contribution in [2.24, 2.45) is 21.9 Å². The van der Waals surface area contributed by atoms with Gasteiger partial charge in [0.15, 0.2) is 0 Å². The third-order valence-electron chi connectivity index (χ3n) is 2.49. The van der Waals surface area contributed by atoms with Gasteiger partial charge < -0.3 is 26.2 Å². The van der Waals surface area contributed by atoms with Crippen molar-refractivity contribution in [1.82, 2.24) is 0 Å². The van der Waals surface area contributed by atoms with Crippen LogP contribution >= 0.6 is 0 Å². The molecular weight excluding hydrogens is 228 g/mol. The summed E-state index contributed by atoms with van der Waals surface area (Å²) in [6, 6.07) is -1.00. The molecule has 0 aliphatic heterocycles. The molecule has 0 fully saturated rings. The maximum Gasteiger partial charge on any atom is 0.331 e. The highest BCUT2D eigenvalue weighted by molar-refractivity contribution is 5.87. The van der Waals surface area contributed by atoms with Crippen LogP contribution in [0.3, 0.4) is 0 Å². The molecule has 0 amide bonds. The number of carboxylic acid groups (broad SMARTS) is 1. The summed E-state index contributed by atoms with van der Waals surface area (Å²) in [6.07, 6.45) is 1.07. The van der Waals surface area contributed by atoms with Crippen molar-refractivity contribution >= 4 is 5.97 Å². The van der Waals surface area contributed by atoms with Crippen LogP contribution in [-0.2, 0) is 14.3 Å². The van der Waals surface area contributed by atoms with E-state index in [1.54, 1.807) is 0 Å². The Kier molecular flexibility index (Phi) is 5.01. The lowest BCUT2D eigenvalue weighted by atomic mass is 9.89. The Balaban J connectivity index is 2.84. The predicted molar refractivity (Wildman–Crippen MR) is 57.9 cm³/mol. The Morgan fingerprint density at radius 1 is 1.71 bits per heavy atom. The van der Waals surface area contributed by atoms with E-state index in [1.807, 2.05) is 0 Å². The average molecular weight is 244 g/mol. The molecule has 17 heavy (non-hydrogen) atoms. The SMILES string of the molecule is COCOC1C=C(C(=O)O)CC(N=NN)C1N. The molecule has 0 saturated carbocycles. The summed E-state index contributed by atoms with van der Waals surface area (Å²) in [5.74, 6) is 3.93. The Hall–Kier alpha value is -1.51. The van der Waals surface area contributed by atoms with Crippen LogP contribution in [0.1, 0.15) is 6.42 Å². The fourth-order valence-electron chi connectivity index (χ4n) is 1.63. The molecule has 0 aromatic heterocycles. The minimum Gasteiger partial charge on any atom is -0.478 e. The third-order valence-corrected chi connectivity index (χ3v) is 2.49. The zero-order chi connectivity index (χ0) is 12.8. The molecule has 0 aromatic carbocycles. The standard InChI is InChI=1S/C9H16N4O4/c1-16-4-17-7-3-5(9(14)15)2-6(8(7)10)12-13-11/h3,6-8H,2,4,10H2,1H3,(H2,11,12)(H,14,15). The lowest BCUT2D eigenvalue weighted by Gasteiger charge is -2.30. The van der Waals surface area contributed by atoms with E-state index in [0.29, 0.717) is 0 Å². The molecule has 5 N–H and O–H groups in total. The van der Waals surface area contributed by atoms with Crippen LogP contribution in [0.25, 0.3) is 0 Å². The van der Waals surface area contributed by atoms with E-state index >= 15 is 0 Å². The largest absolute Gasteiger partial charge is 0.478 e. The molecule has 1 rings (SSSR count). The zero-order valence-electron chi connectivity index (χ0n) is 9.44. The van der Waals surface area contributed by atoms with Gasteiger partial charge in [-0.3, -0.25) is 0 Å². The second-order valence-electron chi connectivity index (χ2n) is 3.61. The summed E-state index contributed by atoms with van der Waals surface area (Å²) < 4.78 is 10.0. The van der Waals surface area contributed by atoms with E-state index in [1.165, 1.54) is 13.2 Å². The lowest BCUT2D eigenvalue weighted by molar-refractivity contribution is -0.133. The van der Waals surface area contributed by atoms with Crippen LogP contribution < -0.4 is 11.6 Å². The fourth-order valence-corrected chi connectivity index (χ4v) is 1.63. The van der Waals surface area contributed by atoms with Gasteiger partial charge in [-0.2, -0.15) is 5.11 Å². The Labute approximate surface area is 98.2 Å². The number of ether oxygens (including phenoxy) is 2. The average Bonchev–Trinajstić information content (AvgIpc) is 2.30. The molecule has 96 valence electrons. The van der Waals surface area contributed by atoms with Crippen molar-refractivity contribution in [3.05, 3.63) is 11.6 Å². The smallest absolute Gasteiger partial charge is 0.331 e. The monoisotopic (exact) mass is 244 g/mol. The van der Waals surface area contributed by atoms with E-state index < -0.39 is 24.2 Å². The summed E-state index contributed by atoms with van der Waals surface area (Å²) in [4.78, 5) is 10.9. The number of hydrogen-bond donors (Lipinski definition) is 3. The van der Waals surface area contributed by atoms with Gasteiger partial charge in [-0.1, -0.05) is 5.22 Å². The summed E-state index contributed by atoms with van der Waals surface area (Å²) in [7, 11) is 1.47. The normalized spacial score (nSPS) is 29.3. The van der Waals surface area contributed by atoms with E-state index in [0.717, 1.165) is 0 Å². The van der Waals surface area contributed by atoms with Gasteiger partial charge in [0.25, 0.3) is 0 Å². The summed E-state index contributed by atoms with van der Waals surface area (Å²) in [5.41, 5.74) is 6.07. The van der Waals surface area contributed by atoms with Gasteiger partial charge in [0.1, 0.15) is 6.79 Å². The molecule has 0 heterocycles. The van der Waals surface area contributed by atoms with Crippen LogP contribution in [0, 0.1) is 0 Å². The zero-order valence-corrected chi connectivity index (χ0v) is 9.44. The Bertz CT molecular complexity index is 331. The van der Waals surface area contributed by atoms with Crippen LogP contribution in [0.15, 0.2) is 22.0 Å². The third kappa shape index (κ3) is 3.48. The van der Waals surface area contributed by atoms with Crippen LogP contribution in [-0.4, -0.2) is 43.2 Å². The van der Waals surface area contributed by atoms with E-state index in [9.17, 15) is 4.79 Å². The quantitative estimate of drug-likeness (QED) is 0.256. The first-order valence-electron chi connectivity index (χ1n) is 5.00. The first kappa shape index (κ1) is 13.6. The van der Waals surface area contributed by atoms with Gasteiger partial charge in [-0.25, -0.2) is 4.79 Å². The highest BCUT2D eigenvalue weighted by Gasteiger charge is 2.33. The molecule has 0 radical (unpaired) electrons. The number of carbonyl (C=O) groups is 1. The first-order chi connectivity index (χ1) is 8.10. The van der Waals surface area contributed by atoms with Gasteiger partial charge in [0.05, 0.1) is 18.2 Å². The highest BCUT2D eigenvalue weighted by Crippen LogP contribution is 2.23. The van der Waals surface area contributed by atoms with Crippen molar-refractivity contribution in [2.75, 3.05) is 13.9 Å². The molecular formula is C9H16N4O4. The fraction of sp³-hybridized carbons (Fsp3) is 0.667. The summed E-state index contributed by atoms with van der Waals surface area (Å²) in [6.45, 7) is 0.0221. The molecule has 1 aliphatic rings. The number of aliphatic carboxylic acids is 1. The maximum absolute atomic E-state index is 10.9.